The molecule has 1 rings (SSSR count). The van der Waals surface area contributed by atoms with Crippen LogP contribution in [0.4, 0.5) is 0 Å². The van der Waals surface area contributed by atoms with Crippen molar-refractivity contribution in [3.8, 4) is 0 Å². The normalized spacial score (nSPS) is 21.0. The van der Waals surface area contributed by atoms with Crippen molar-refractivity contribution in [1.82, 2.24) is 4.90 Å². The van der Waals surface area contributed by atoms with Gasteiger partial charge in [0.25, 0.3) is 0 Å². The lowest BCUT2D eigenvalue weighted by Gasteiger charge is -2.33. The average Bonchev–Trinajstić information content (AvgIpc) is 2.36. The van der Waals surface area contributed by atoms with E-state index in [1.807, 2.05) is 11.8 Å². The van der Waals surface area contributed by atoms with Crippen LogP contribution in [0, 0.1) is 17.8 Å². The third kappa shape index (κ3) is 3.45. The van der Waals surface area contributed by atoms with Crippen LogP contribution in [-0.4, -0.2) is 35.0 Å². The van der Waals surface area contributed by atoms with E-state index in [1.54, 1.807) is 0 Å². The lowest BCUT2D eigenvalue weighted by molar-refractivity contribution is -0.147. The minimum Gasteiger partial charge on any atom is -0.481 e. The molecule has 1 heterocycles. The fraction of sp³-hybridized carbons (Fsp3) is 0.846. The summed E-state index contributed by atoms with van der Waals surface area (Å²) in [4.78, 5) is 24.8. The zero-order valence-electron chi connectivity index (χ0n) is 11.0. The Bertz CT molecular complexity index is 282. The molecule has 1 N–H and O–H groups in total. The van der Waals surface area contributed by atoms with Crippen molar-refractivity contribution in [1.29, 1.82) is 0 Å². The van der Waals surface area contributed by atoms with Gasteiger partial charge in [0, 0.05) is 19.0 Å². The Balaban J connectivity index is 2.48. The number of carboxylic acids is 1. The zero-order chi connectivity index (χ0) is 13.0. The van der Waals surface area contributed by atoms with Crippen LogP contribution in [0.3, 0.4) is 0 Å². The molecule has 0 saturated carbocycles. The Labute approximate surface area is 103 Å². The number of piperidine rings is 1. The van der Waals surface area contributed by atoms with Crippen molar-refractivity contribution >= 4 is 11.9 Å². The molecule has 98 valence electrons. The number of carbonyl (C=O) groups is 2. The number of rotatable bonds is 4. The molecule has 4 nitrogen and oxygen atoms in total. The van der Waals surface area contributed by atoms with Crippen LogP contribution in [0.1, 0.15) is 40.0 Å². The summed E-state index contributed by atoms with van der Waals surface area (Å²) in [6, 6.07) is 0. The number of likely N-dealkylation sites (tertiary alicyclic amines) is 1. The highest BCUT2D eigenvalue weighted by Gasteiger charge is 2.30. The largest absolute Gasteiger partial charge is 0.481 e. The van der Waals surface area contributed by atoms with Crippen LogP contribution in [0.25, 0.3) is 0 Å². The predicted octanol–water partition coefficient (Wildman–Crippen LogP) is 1.99. The van der Waals surface area contributed by atoms with Gasteiger partial charge in [-0.3, -0.25) is 9.59 Å². The molecule has 1 amide bonds. The molecule has 1 aliphatic rings. The van der Waals surface area contributed by atoms with Crippen molar-refractivity contribution in [2.24, 2.45) is 17.8 Å². The third-order valence-corrected chi connectivity index (χ3v) is 4.04. The molecule has 17 heavy (non-hydrogen) atoms. The van der Waals surface area contributed by atoms with Crippen LogP contribution in [0.15, 0.2) is 0 Å². The van der Waals surface area contributed by atoms with Crippen molar-refractivity contribution in [3.63, 3.8) is 0 Å². The molecule has 0 radical (unpaired) electrons. The molecular formula is C13H23NO3. The maximum absolute atomic E-state index is 12.2. The van der Waals surface area contributed by atoms with E-state index in [0.717, 1.165) is 6.42 Å². The quantitative estimate of drug-likeness (QED) is 0.819. The number of hydrogen-bond donors (Lipinski definition) is 1. The van der Waals surface area contributed by atoms with Crippen molar-refractivity contribution in [2.75, 3.05) is 13.1 Å². The minimum atomic E-state index is -0.730. The van der Waals surface area contributed by atoms with Gasteiger partial charge in [-0.2, -0.15) is 0 Å². The maximum atomic E-state index is 12.2. The first-order valence-electron chi connectivity index (χ1n) is 6.49. The van der Waals surface area contributed by atoms with E-state index in [2.05, 4.69) is 13.8 Å². The highest BCUT2D eigenvalue weighted by molar-refractivity contribution is 5.79. The van der Waals surface area contributed by atoms with Gasteiger partial charge in [-0.25, -0.2) is 0 Å². The number of amides is 1. The molecule has 2 atom stereocenters. The molecule has 0 aromatic carbocycles. The van der Waals surface area contributed by atoms with Crippen molar-refractivity contribution in [2.45, 2.75) is 40.0 Å². The molecule has 1 aliphatic heterocycles. The summed E-state index contributed by atoms with van der Waals surface area (Å²) in [5.74, 6) is -0.380. The monoisotopic (exact) mass is 241 g/mol. The van der Waals surface area contributed by atoms with Gasteiger partial charge >= 0.3 is 5.97 Å². The number of carboxylic acid groups (broad SMARTS) is 1. The van der Waals surface area contributed by atoms with Gasteiger partial charge in [0.1, 0.15) is 0 Å². The smallest absolute Gasteiger partial charge is 0.306 e. The van der Waals surface area contributed by atoms with E-state index in [-0.39, 0.29) is 17.7 Å². The number of carbonyl (C=O) groups excluding carboxylic acids is 1. The highest BCUT2D eigenvalue weighted by atomic mass is 16.4. The lowest BCUT2D eigenvalue weighted by atomic mass is 9.90. The van der Waals surface area contributed by atoms with Crippen LogP contribution >= 0.6 is 0 Å². The zero-order valence-corrected chi connectivity index (χ0v) is 11.0. The summed E-state index contributed by atoms with van der Waals surface area (Å²) < 4.78 is 0. The van der Waals surface area contributed by atoms with Crippen LogP contribution < -0.4 is 0 Å². The standard InChI is InChI=1S/C13H23NO3/c1-4-9(2)10(3)12(15)14-7-5-11(6-8-14)13(16)17/h9-11H,4-8H2,1-3H3,(H,16,17). The number of nitrogens with zero attached hydrogens (tertiary/aromatic N) is 1. The van der Waals surface area contributed by atoms with Gasteiger partial charge < -0.3 is 10.0 Å². The van der Waals surface area contributed by atoms with Crippen LogP contribution in [-0.2, 0) is 9.59 Å². The SMILES string of the molecule is CCC(C)C(C)C(=O)N1CCC(C(=O)O)CC1. The van der Waals surface area contributed by atoms with E-state index < -0.39 is 5.97 Å². The summed E-state index contributed by atoms with van der Waals surface area (Å²) in [5.41, 5.74) is 0. The van der Waals surface area contributed by atoms with E-state index in [9.17, 15) is 9.59 Å². The van der Waals surface area contributed by atoms with E-state index in [4.69, 9.17) is 5.11 Å². The predicted molar refractivity (Wildman–Crippen MR) is 65.6 cm³/mol. The Morgan fingerprint density at radius 3 is 2.24 bits per heavy atom. The molecule has 1 fully saturated rings. The minimum absolute atomic E-state index is 0.0429. The second kappa shape index (κ2) is 6.03. The Kier molecular flexibility index (Phi) is 4.97. The molecule has 0 bridgehead atoms. The van der Waals surface area contributed by atoms with Gasteiger partial charge in [-0.15, -0.1) is 0 Å². The summed E-state index contributed by atoms with van der Waals surface area (Å²) in [5, 5.41) is 8.90. The second-order valence-corrected chi connectivity index (χ2v) is 5.11. The van der Waals surface area contributed by atoms with Gasteiger partial charge in [0.15, 0.2) is 0 Å². The highest BCUT2D eigenvalue weighted by Crippen LogP contribution is 2.22. The topological polar surface area (TPSA) is 57.6 Å². The summed E-state index contributed by atoms with van der Waals surface area (Å²) in [6.45, 7) is 7.34. The first-order valence-corrected chi connectivity index (χ1v) is 6.49. The van der Waals surface area contributed by atoms with Gasteiger partial charge in [-0.1, -0.05) is 27.2 Å². The summed E-state index contributed by atoms with van der Waals surface area (Å²) in [7, 11) is 0. The Hall–Kier alpha value is -1.06. The van der Waals surface area contributed by atoms with Gasteiger partial charge in [-0.05, 0) is 18.8 Å². The van der Waals surface area contributed by atoms with E-state index in [0.29, 0.717) is 31.8 Å². The lowest BCUT2D eigenvalue weighted by Crippen LogP contribution is -2.43. The van der Waals surface area contributed by atoms with Gasteiger partial charge in [0.05, 0.1) is 5.92 Å². The molecule has 4 heteroatoms. The summed E-state index contributed by atoms with van der Waals surface area (Å²) >= 11 is 0. The Morgan fingerprint density at radius 1 is 1.29 bits per heavy atom. The van der Waals surface area contributed by atoms with E-state index >= 15 is 0 Å². The van der Waals surface area contributed by atoms with Crippen molar-refractivity contribution in [3.05, 3.63) is 0 Å². The Morgan fingerprint density at radius 2 is 1.82 bits per heavy atom. The molecule has 2 unspecified atom stereocenters. The molecule has 0 aromatic rings. The van der Waals surface area contributed by atoms with Gasteiger partial charge in [0.2, 0.25) is 5.91 Å². The first-order chi connectivity index (χ1) is 7.97. The van der Waals surface area contributed by atoms with Crippen molar-refractivity contribution < 1.29 is 14.7 Å². The molecule has 0 aromatic heterocycles. The average molecular weight is 241 g/mol. The maximum Gasteiger partial charge on any atom is 0.306 e. The summed E-state index contributed by atoms with van der Waals surface area (Å²) in [6.07, 6.45) is 2.18. The third-order valence-electron chi connectivity index (χ3n) is 4.04. The molecular weight excluding hydrogens is 218 g/mol. The molecule has 0 spiro atoms. The fourth-order valence-corrected chi connectivity index (χ4v) is 2.23. The molecule has 0 aliphatic carbocycles. The molecule has 1 saturated heterocycles. The number of aliphatic carboxylic acids is 1. The second-order valence-electron chi connectivity index (χ2n) is 5.11. The number of hydrogen-bond acceptors (Lipinski definition) is 2. The fourth-order valence-electron chi connectivity index (χ4n) is 2.23. The van der Waals surface area contributed by atoms with Crippen LogP contribution in [0.2, 0.25) is 0 Å². The van der Waals surface area contributed by atoms with E-state index in [1.165, 1.54) is 0 Å². The van der Waals surface area contributed by atoms with Crippen LogP contribution in [0.5, 0.6) is 0 Å². The first kappa shape index (κ1) is 14.0.